The summed E-state index contributed by atoms with van der Waals surface area (Å²) in [5, 5.41) is 3.39. The Morgan fingerprint density at radius 1 is 1.17 bits per heavy atom. The quantitative estimate of drug-likeness (QED) is 0.472. The molecule has 0 aliphatic carbocycles. The molecule has 0 saturated heterocycles. The standard InChI is InChI=1S/C23H26N4O2/c1-17(2)18-9-10-21-20(15-18)23(29)27(16-26-21)14-11-22(28)25-13-6-4-8-19-7-3-5-12-24-19/h3,5,7,9-12,14-17H,4,6,8,13H2,1-2H3,(H,25,28). The molecule has 0 spiro atoms. The number of nitrogens with one attached hydrogen (secondary N) is 1. The lowest BCUT2D eigenvalue weighted by Gasteiger charge is -2.07. The van der Waals surface area contributed by atoms with Crippen molar-refractivity contribution >= 4 is 23.0 Å². The van der Waals surface area contributed by atoms with E-state index in [0.29, 0.717) is 23.4 Å². The average molecular weight is 390 g/mol. The van der Waals surface area contributed by atoms with Crippen LogP contribution in [0, 0.1) is 0 Å². The molecule has 0 aliphatic rings. The van der Waals surface area contributed by atoms with Gasteiger partial charge in [0.2, 0.25) is 5.91 Å². The van der Waals surface area contributed by atoms with Gasteiger partial charge < -0.3 is 5.32 Å². The Morgan fingerprint density at radius 2 is 2.03 bits per heavy atom. The van der Waals surface area contributed by atoms with Gasteiger partial charge in [-0.1, -0.05) is 26.0 Å². The van der Waals surface area contributed by atoms with Gasteiger partial charge in [-0.05, 0) is 55.0 Å². The summed E-state index contributed by atoms with van der Waals surface area (Å²) in [6, 6.07) is 11.6. The Kier molecular flexibility index (Phi) is 6.89. The van der Waals surface area contributed by atoms with Crippen LogP contribution in [0.5, 0.6) is 0 Å². The number of fused-ring (bicyclic) bond motifs is 1. The molecule has 0 unspecified atom stereocenters. The van der Waals surface area contributed by atoms with E-state index in [2.05, 4.69) is 29.1 Å². The zero-order valence-corrected chi connectivity index (χ0v) is 16.8. The van der Waals surface area contributed by atoms with E-state index in [1.807, 2.05) is 36.4 Å². The number of hydrogen-bond acceptors (Lipinski definition) is 4. The van der Waals surface area contributed by atoms with Crippen LogP contribution in [0.1, 0.15) is 43.9 Å². The van der Waals surface area contributed by atoms with Gasteiger partial charge in [-0.25, -0.2) is 4.98 Å². The number of carbonyl (C=O) groups excluding carboxylic acids is 1. The highest BCUT2D eigenvalue weighted by molar-refractivity contribution is 5.90. The summed E-state index contributed by atoms with van der Waals surface area (Å²) >= 11 is 0. The first-order valence-corrected chi connectivity index (χ1v) is 9.91. The fourth-order valence-corrected chi connectivity index (χ4v) is 3.01. The number of aromatic nitrogens is 3. The van der Waals surface area contributed by atoms with Crippen molar-refractivity contribution < 1.29 is 4.79 Å². The summed E-state index contributed by atoms with van der Waals surface area (Å²) in [7, 11) is 0. The number of nitrogens with zero attached hydrogens (tertiary/aromatic N) is 3. The Labute approximate surface area is 170 Å². The first kappa shape index (κ1) is 20.5. The van der Waals surface area contributed by atoms with Gasteiger partial charge in [0, 0.05) is 30.7 Å². The van der Waals surface area contributed by atoms with Crippen molar-refractivity contribution in [3.05, 3.63) is 76.6 Å². The minimum atomic E-state index is -0.231. The Morgan fingerprint density at radius 3 is 2.79 bits per heavy atom. The number of rotatable bonds is 8. The molecule has 0 fully saturated rings. The van der Waals surface area contributed by atoms with E-state index in [1.54, 1.807) is 6.20 Å². The molecule has 2 aromatic heterocycles. The molecule has 29 heavy (non-hydrogen) atoms. The summed E-state index contributed by atoms with van der Waals surface area (Å²) in [6.45, 7) is 4.74. The molecule has 150 valence electrons. The maximum Gasteiger partial charge on any atom is 0.265 e. The van der Waals surface area contributed by atoms with E-state index in [0.717, 1.165) is 30.5 Å². The maximum atomic E-state index is 12.7. The van der Waals surface area contributed by atoms with Crippen LogP contribution >= 0.6 is 0 Å². The van der Waals surface area contributed by atoms with Gasteiger partial charge in [-0.15, -0.1) is 0 Å². The largest absolute Gasteiger partial charge is 0.353 e. The van der Waals surface area contributed by atoms with Crippen LogP contribution < -0.4 is 10.9 Å². The van der Waals surface area contributed by atoms with Crippen molar-refractivity contribution in [2.75, 3.05) is 6.54 Å². The molecule has 0 atom stereocenters. The minimum Gasteiger partial charge on any atom is -0.353 e. The third-order valence-corrected chi connectivity index (χ3v) is 4.75. The molecule has 3 aromatic rings. The average Bonchev–Trinajstić information content (AvgIpc) is 2.73. The van der Waals surface area contributed by atoms with Gasteiger partial charge in [0.1, 0.15) is 6.33 Å². The van der Waals surface area contributed by atoms with E-state index >= 15 is 0 Å². The summed E-state index contributed by atoms with van der Waals surface area (Å²) in [4.78, 5) is 33.3. The topological polar surface area (TPSA) is 76.9 Å². The molecular formula is C23H26N4O2. The van der Waals surface area contributed by atoms with Crippen LogP contribution in [0.2, 0.25) is 0 Å². The van der Waals surface area contributed by atoms with Crippen molar-refractivity contribution in [1.82, 2.24) is 19.9 Å². The summed E-state index contributed by atoms with van der Waals surface area (Å²) in [5.74, 6) is 0.0946. The number of benzene rings is 1. The van der Waals surface area contributed by atoms with E-state index in [1.165, 1.54) is 23.2 Å². The molecular weight excluding hydrogens is 364 g/mol. The lowest BCUT2D eigenvalue weighted by Crippen LogP contribution is -2.23. The fourth-order valence-electron chi connectivity index (χ4n) is 3.01. The summed E-state index contributed by atoms with van der Waals surface area (Å²) in [5.41, 5.74) is 2.61. The monoisotopic (exact) mass is 390 g/mol. The molecule has 2 heterocycles. The molecule has 0 bridgehead atoms. The van der Waals surface area contributed by atoms with Crippen molar-refractivity contribution in [3.63, 3.8) is 0 Å². The zero-order valence-electron chi connectivity index (χ0n) is 16.8. The van der Waals surface area contributed by atoms with Crippen LogP contribution in [0.4, 0.5) is 0 Å². The Hall–Kier alpha value is -3.28. The second kappa shape index (κ2) is 9.78. The van der Waals surface area contributed by atoms with Gasteiger partial charge in [-0.3, -0.25) is 19.1 Å². The number of hydrogen-bond donors (Lipinski definition) is 1. The smallest absolute Gasteiger partial charge is 0.265 e. The molecule has 0 radical (unpaired) electrons. The van der Waals surface area contributed by atoms with Crippen molar-refractivity contribution in [1.29, 1.82) is 0 Å². The maximum absolute atomic E-state index is 12.7. The Bertz CT molecular complexity index is 1060. The van der Waals surface area contributed by atoms with Gasteiger partial charge in [-0.2, -0.15) is 0 Å². The number of carbonyl (C=O) groups is 1. The highest BCUT2D eigenvalue weighted by atomic mass is 16.1. The van der Waals surface area contributed by atoms with Crippen molar-refractivity contribution in [3.8, 4) is 0 Å². The van der Waals surface area contributed by atoms with Crippen molar-refractivity contribution in [2.24, 2.45) is 0 Å². The second-order valence-corrected chi connectivity index (χ2v) is 7.27. The number of unbranched alkanes of at least 4 members (excludes halogenated alkanes) is 1. The normalized spacial score (nSPS) is 11.4. The number of aryl methyl sites for hydroxylation is 1. The van der Waals surface area contributed by atoms with Crippen LogP contribution in [0.25, 0.3) is 17.1 Å². The SMILES string of the molecule is CC(C)c1ccc2ncn(C=CC(=O)NCCCCc3ccccn3)c(=O)c2c1. The van der Waals surface area contributed by atoms with E-state index in [4.69, 9.17) is 0 Å². The van der Waals surface area contributed by atoms with Gasteiger partial charge >= 0.3 is 0 Å². The molecule has 1 amide bonds. The molecule has 0 saturated carbocycles. The minimum absolute atomic E-state index is 0.183. The molecule has 6 heteroatoms. The zero-order chi connectivity index (χ0) is 20.6. The fraction of sp³-hybridized carbons (Fsp3) is 0.304. The highest BCUT2D eigenvalue weighted by Crippen LogP contribution is 2.17. The summed E-state index contributed by atoms with van der Waals surface area (Å²) < 4.78 is 1.34. The summed E-state index contributed by atoms with van der Waals surface area (Å²) in [6.07, 6.45) is 8.76. The Balaban J connectivity index is 1.54. The third-order valence-electron chi connectivity index (χ3n) is 4.75. The molecule has 1 N–H and O–H groups in total. The van der Waals surface area contributed by atoms with Gasteiger partial charge in [0.15, 0.2) is 0 Å². The third kappa shape index (κ3) is 5.60. The second-order valence-electron chi connectivity index (χ2n) is 7.27. The first-order valence-electron chi connectivity index (χ1n) is 9.91. The molecule has 0 aliphatic heterocycles. The van der Waals surface area contributed by atoms with Crippen molar-refractivity contribution in [2.45, 2.75) is 39.0 Å². The predicted molar refractivity (Wildman–Crippen MR) is 116 cm³/mol. The van der Waals surface area contributed by atoms with Gasteiger partial charge in [0.05, 0.1) is 10.9 Å². The van der Waals surface area contributed by atoms with Crippen LogP contribution in [0.3, 0.4) is 0 Å². The van der Waals surface area contributed by atoms with Crippen LogP contribution in [-0.4, -0.2) is 27.0 Å². The van der Waals surface area contributed by atoms with Crippen LogP contribution in [0.15, 0.2) is 59.8 Å². The lowest BCUT2D eigenvalue weighted by molar-refractivity contribution is -0.116. The number of amides is 1. The van der Waals surface area contributed by atoms with Gasteiger partial charge in [0.25, 0.3) is 5.56 Å². The lowest BCUT2D eigenvalue weighted by atomic mass is 10.0. The predicted octanol–water partition coefficient (Wildman–Crippen LogP) is 3.52. The molecule has 1 aromatic carbocycles. The van der Waals surface area contributed by atoms with E-state index < -0.39 is 0 Å². The van der Waals surface area contributed by atoms with E-state index in [9.17, 15) is 9.59 Å². The van der Waals surface area contributed by atoms with E-state index in [-0.39, 0.29) is 11.5 Å². The molecule has 6 nitrogen and oxygen atoms in total. The molecule has 3 rings (SSSR count). The highest BCUT2D eigenvalue weighted by Gasteiger charge is 2.06. The first-order chi connectivity index (χ1) is 14.0. The number of pyridine rings is 1. The van der Waals surface area contributed by atoms with Crippen LogP contribution in [-0.2, 0) is 11.2 Å².